The molecule has 0 bridgehead atoms. The van der Waals surface area contributed by atoms with Gasteiger partial charge in [-0.3, -0.25) is 9.97 Å². The maximum absolute atomic E-state index is 14.5. The smallest absolute Gasteiger partial charge is 0.326 e. The maximum Gasteiger partial charge on any atom is 0.326 e. The number of anilines is 1. The minimum Gasteiger partial charge on any atom is -0.480 e. The molecule has 0 aliphatic heterocycles. The average Bonchev–Trinajstić information content (AvgIpc) is 2.97. The minimum absolute atomic E-state index is 0.0157. The predicted octanol–water partition coefficient (Wildman–Crippen LogP) is 4.98. The minimum atomic E-state index is -1.14. The Bertz CT molecular complexity index is 1210. The number of rotatable bonds is 16. The molecular formula is C31H40FN5O3. The van der Waals surface area contributed by atoms with Crippen molar-refractivity contribution in [1.82, 2.24) is 19.9 Å². The second kappa shape index (κ2) is 15.4. The Labute approximate surface area is 236 Å². The van der Waals surface area contributed by atoms with Gasteiger partial charge in [0.05, 0.1) is 6.61 Å². The number of methoxy groups -OCH3 is 1. The van der Waals surface area contributed by atoms with Gasteiger partial charge in [-0.1, -0.05) is 6.07 Å². The Morgan fingerprint density at radius 2 is 1.88 bits per heavy atom. The van der Waals surface area contributed by atoms with Crippen molar-refractivity contribution >= 4 is 11.8 Å². The number of aromatic nitrogens is 3. The van der Waals surface area contributed by atoms with Gasteiger partial charge >= 0.3 is 5.97 Å². The summed E-state index contributed by atoms with van der Waals surface area (Å²) < 4.78 is 19.5. The van der Waals surface area contributed by atoms with E-state index in [0.29, 0.717) is 25.3 Å². The molecule has 2 atom stereocenters. The normalized spacial score (nSPS) is 14.5. The standard InChI is InChI=1S/C31H40FN5O3/c1-40-22-26(32)21-37(18-5-4-7-27-10-9-24-6-2-3-8-28(24)35-27)19-14-29(31(38)39)36-30-20-25(13-17-34-30)23-11-15-33-16-12-23/h9-13,15-17,20,26,29H,2-8,14,18-19,21-22H2,1H3,(H,34,36)(H,38,39)/t26-,29-/m0/s1. The third kappa shape index (κ3) is 9.06. The number of carbonyl (C=O) groups is 1. The van der Waals surface area contributed by atoms with Gasteiger partial charge in [0.2, 0.25) is 0 Å². The molecule has 3 heterocycles. The summed E-state index contributed by atoms with van der Waals surface area (Å²) >= 11 is 0. The summed E-state index contributed by atoms with van der Waals surface area (Å²) in [5.41, 5.74) is 5.63. The van der Waals surface area contributed by atoms with Crippen molar-refractivity contribution in [3.05, 3.63) is 71.9 Å². The first-order valence-electron chi connectivity index (χ1n) is 14.2. The first-order chi connectivity index (χ1) is 19.5. The summed E-state index contributed by atoms with van der Waals surface area (Å²) in [4.78, 5) is 27.3. The lowest BCUT2D eigenvalue weighted by molar-refractivity contribution is -0.138. The zero-order chi connectivity index (χ0) is 28.2. The molecule has 4 rings (SSSR count). The molecule has 0 aromatic carbocycles. The molecule has 0 fully saturated rings. The van der Waals surface area contributed by atoms with Crippen LogP contribution in [0.5, 0.6) is 0 Å². The van der Waals surface area contributed by atoms with Crippen LogP contribution >= 0.6 is 0 Å². The van der Waals surface area contributed by atoms with E-state index in [9.17, 15) is 14.3 Å². The molecule has 40 heavy (non-hydrogen) atoms. The van der Waals surface area contributed by atoms with E-state index in [-0.39, 0.29) is 13.2 Å². The highest BCUT2D eigenvalue weighted by Crippen LogP contribution is 2.22. The van der Waals surface area contributed by atoms with Gasteiger partial charge in [-0.25, -0.2) is 14.2 Å². The third-order valence-corrected chi connectivity index (χ3v) is 7.32. The molecule has 214 valence electrons. The summed E-state index contributed by atoms with van der Waals surface area (Å²) in [6.07, 6.45) is 11.6. The summed E-state index contributed by atoms with van der Waals surface area (Å²) in [6, 6.07) is 11.0. The first-order valence-corrected chi connectivity index (χ1v) is 14.2. The van der Waals surface area contributed by atoms with Crippen LogP contribution in [0, 0.1) is 0 Å². The van der Waals surface area contributed by atoms with Gasteiger partial charge in [0.1, 0.15) is 18.0 Å². The Morgan fingerprint density at radius 1 is 1.07 bits per heavy atom. The van der Waals surface area contributed by atoms with E-state index in [1.807, 2.05) is 29.2 Å². The van der Waals surface area contributed by atoms with Gasteiger partial charge in [-0.05, 0) is 105 Å². The summed E-state index contributed by atoms with van der Waals surface area (Å²) in [5.74, 6) is -0.489. The van der Waals surface area contributed by atoms with Crippen LogP contribution in [-0.4, -0.2) is 76.5 Å². The van der Waals surface area contributed by atoms with Gasteiger partial charge in [-0.2, -0.15) is 0 Å². The molecule has 0 unspecified atom stereocenters. The van der Waals surface area contributed by atoms with E-state index < -0.39 is 18.2 Å². The quantitative estimate of drug-likeness (QED) is 0.241. The molecular weight excluding hydrogens is 509 g/mol. The SMILES string of the molecule is COC[C@@H](F)CN(CCCCc1ccc2c(n1)CCCC2)CC[C@H](Nc1cc(-c2ccncc2)ccn1)C(=O)O. The van der Waals surface area contributed by atoms with Crippen LogP contribution in [0.15, 0.2) is 55.0 Å². The third-order valence-electron chi connectivity index (χ3n) is 7.32. The number of fused-ring (bicyclic) bond motifs is 1. The second-order valence-electron chi connectivity index (χ2n) is 10.4. The lowest BCUT2D eigenvalue weighted by Crippen LogP contribution is -2.38. The van der Waals surface area contributed by atoms with Gasteiger partial charge in [0, 0.05) is 50.2 Å². The molecule has 0 amide bonds. The molecule has 0 saturated heterocycles. The molecule has 9 heteroatoms. The lowest BCUT2D eigenvalue weighted by Gasteiger charge is -2.26. The number of hydrogen-bond acceptors (Lipinski definition) is 7. The van der Waals surface area contributed by atoms with E-state index in [4.69, 9.17) is 9.72 Å². The van der Waals surface area contributed by atoms with Crippen LogP contribution in [-0.2, 0) is 28.8 Å². The van der Waals surface area contributed by atoms with Crippen molar-refractivity contribution in [2.24, 2.45) is 0 Å². The fraction of sp³-hybridized carbons (Fsp3) is 0.484. The van der Waals surface area contributed by atoms with Crippen molar-refractivity contribution in [2.45, 2.75) is 63.6 Å². The Hall–Kier alpha value is -3.43. The molecule has 8 nitrogen and oxygen atoms in total. The lowest BCUT2D eigenvalue weighted by atomic mass is 9.95. The number of carboxylic acids is 1. The predicted molar refractivity (Wildman–Crippen MR) is 154 cm³/mol. The molecule has 0 saturated carbocycles. The number of nitrogens with zero attached hydrogens (tertiary/aromatic N) is 4. The zero-order valence-corrected chi connectivity index (χ0v) is 23.3. The highest BCUT2D eigenvalue weighted by atomic mass is 19.1. The monoisotopic (exact) mass is 549 g/mol. The van der Waals surface area contributed by atoms with E-state index in [1.165, 1.54) is 31.2 Å². The Morgan fingerprint density at radius 3 is 2.67 bits per heavy atom. The van der Waals surface area contributed by atoms with Crippen molar-refractivity contribution in [1.29, 1.82) is 0 Å². The van der Waals surface area contributed by atoms with Crippen LogP contribution in [0.25, 0.3) is 11.1 Å². The van der Waals surface area contributed by atoms with E-state index in [2.05, 4.69) is 27.4 Å². The summed E-state index contributed by atoms with van der Waals surface area (Å²) in [5, 5.41) is 13.0. The van der Waals surface area contributed by atoms with Crippen LogP contribution in [0.2, 0.25) is 0 Å². The second-order valence-corrected chi connectivity index (χ2v) is 10.4. The number of nitrogens with one attached hydrogen (secondary N) is 1. The molecule has 3 aromatic rings. The average molecular weight is 550 g/mol. The topological polar surface area (TPSA) is 100 Å². The molecule has 1 aliphatic rings. The van der Waals surface area contributed by atoms with Crippen molar-refractivity contribution in [3.63, 3.8) is 0 Å². The molecule has 0 spiro atoms. The number of alkyl halides is 1. The number of aryl methyl sites for hydroxylation is 3. The summed E-state index contributed by atoms with van der Waals surface area (Å²) in [7, 11) is 1.49. The van der Waals surface area contributed by atoms with Gasteiger partial charge in [-0.15, -0.1) is 0 Å². The Kier molecular flexibility index (Phi) is 11.4. The van der Waals surface area contributed by atoms with Crippen molar-refractivity contribution in [3.8, 4) is 11.1 Å². The van der Waals surface area contributed by atoms with Crippen LogP contribution < -0.4 is 5.32 Å². The van der Waals surface area contributed by atoms with E-state index >= 15 is 0 Å². The highest BCUT2D eigenvalue weighted by molar-refractivity contribution is 5.77. The first kappa shape index (κ1) is 29.6. The molecule has 2 N–H and O–H groups in total. The molecule has 1 aliphatic carbocycles. The number of carboxylic acid groups (broad SMARTS) is 1. The van der Waals surface area contributed by atoms with E-state index in [0.717, 1.165) is 48.9 Å². The number of hydrogen-bond donors (Lipinski definition) is 2. The fourth-order valence-corrected chi connectivity index (χ4v) is 5.20. The maximum atomic E-state index is 14.5. The molecule has 3 aromatic heterocycles. The number of aliphatic carboxylic acids is 1. The number of ether oxygens (including phenoxy) is 1. The Balaban J connectivity index is 1.32. The number of halogens is 1. The largest absolute Gasteiger partial charge is 0.480 e. The number of unbranched alkanes of at least 4 members (excludes halogenated alkanes) is 1. The summed E-state index contributed by atoms with van der Waals surface area (Å²) in [6.45, 7) is 1.33. The van der Waals surface area contributed by atoms with E-state index in [1.54, 1.807) is 18.6 Å². The van der Waals surface area contributed by atoms with Gasteiger partial charge < -0.3 is 20.1 Å². The van der Waals surface area contributed by atoms with Gasteiger partial charge in [0.25, 0.3) is 0 Å². The fourth-order valence-electron chi connectivity index (χ4n) is 5.20. The highest BCUT2D eigenvalue weighted by Gasteiger charge is 2.21. The van der Waals surface area contributed by atoms with Crippen LogP contribution in [0.3, 0.4) is 0 Å². The van der Waals surface area contributed by atoms with Crippen molar-refractivity contribution in [2.75, 3.05) is 38.7 Å². The van der Waals surface area contributed by atoms with Crippen LogP contribution in [0.1, 0.15) is 49.1 Å². The molecule has 0 radical (unpaired) electrons. The number of pyridine rings is 3. The van der Waals surface area contributed by atoms with Gasteiger partial charge in [0.15, 0.2) is 0 Å². The zero-order valence-electron chi connectivity index (χ0n) is 23.3. The van der Waals surface area contributed by atoms with Crippen molar-refractivity contribution < 1.29 is 19.0 Å². The van der Waals surface area contributed by atoms with Crippen LogP contribution in [0.4, 0.5) is 10.2 Å².